The zero-order valence-electron chi connectivity index (χ0n) is 17.3. The lowest BCUT2D eigenvalue weighted by Gasteiger charge is -2.42. The largest absolute Gasteiger partial charge is 0.481 e. The first kappa shape index (κ1) is 21.3. The monoisotopic (exact) mass is 435 g/mol. The third-order valence-electron chi connectivity index (χ3n) is 6.05. The van der Waals surface area contributed by atoms with E-state index < -0.39 is 11.8 Å². The zero-order chi connectivity index (χ0) is 22.2. The van der Waals surface area contributed by atoms with Crippen LogP contribution in [0.3, 0.4) is 0 Å². The van der Waals surface area contributed by atoms with Crippen LogP contribution in [0.2, 0.25) is 0 Å². The first-order valence-corrected chi connectivity index (χ1v) is 10.00. The molecule has 2 aliphatic rings. The van der Waals surface area contributed by atoms with Gasteiger partial charge in [-0.25, -0.2) is 0 Å². The van der Waals surface area contributed by atoms with Gasteiger partial charge in [0.1, 0.15) is 5.75 Å². The Morgan fingerprint density at radius 3 is 2.32 bits per heavy atom. The van der Waals surface area contributed by atoms with Crippen molar-refractivity contribution >= 4 is 28.7 Å². The van der Waals surface area contributed by atoms with Gasteiger partial charge in [0, 0.05) is 63.2 Å². The molecule has 0 bridgehead atoms. The summed E-state index contributed by atoms with van der Waals surface area (Å²) in [5.74, 6) is 0.530. The summed E-state index contributed by atoms with van der Waals surface area (Å²) in [5, 5.41) is 3.28. The number of amides is 1. The van der Waals surface area contributed by atoms with E-state index in [1.165, 1.54) is 0 Å². The highest BCUT2D eigenvalue weighted by Crippen LogP contribution is 2.42. The lowest BCUT2D eigenvalue weighted by atomic mass is 9.90. The number of nitrogens with zero attached hydrogens (tertiary/aromatic N) is 2. The second-order valence-electron chi connectivity index (χ2n) is 7.78. The first-order chi connectivity index (χ1) is 14.7. The van der Waals surface area contributed by atoms with Crippen LogP contribution in [0.25, 0.3) is 0 Å². The zero-order valence-corrected chi connectivity index (χ0v) is 17.3. The molecule has 2 aromatic rings. The Balaban J connectivity index is 1.41. The lowest BCUT2D eigenvalue weighted by molar-refractivity contribution is -0.276. The maximum Gasteiger partial charge on any atom is 0.417 e. The summed E-state index contributed by atoms with van der Waals surface area (Å²) in [5.41, 5.74) is 1.17. The molecule has 9 heteroatoms. The maximum absolute atomic E-state index is 13.4. The fourth-order valence-electron chi connectivity index (χ4n) is 4.01. The quantitative estimate of drug-likeness (QED) is 0.775. The van der Waals surface area contributed by atoms with Gasteiger partial charge in [-0.3, -0.25) is 4.79 Å². The smallest absolute Gasteiger partial charge is 0.417 e. The van der Waals surface area contributed by atoms with E-state index in [2.05, 4.69) is 5.32 Å². The van der Waals surface area contributed by atoms with Crippen molar-refractivity contribution in [1.82, 2.24) is 0 Å². The predicted molar refractivity (Wildman–Crippen MR) is 112 cm³/mol. The fraction of sp³-hybridized carbons (Fsp3) is 0.409. The van der Waals surface area contributed by atoms with Gasteiger partial charge in [-0.1, -0.05) is 0 Å². The van der Waals surface area contributed by atoms with Gasteiger partial charge < -0.3 is 24.6 Å². The van der Waals surface area contributed by atoms with Gasteiger partial charge >= 0.3 is 6.18 Å². The molecule has 1 saturated heterocycles. The van der Waals surface area contributed by atoms with Crippen LogP contribution in [0, 0.1) is 0 Å². The molecule has 0 saturated carbocycles. The molecule has 31 heavy (non-hydrogen) atoms. The molecule has 2 aliphatic heterocycles. The number of nitrogens with one attached hydrogen (secondary N) is 1. The molecule has 0 atom stereocenters. The number of ether oxygens (including phenoxy) is 2. The summed E-state index contributed by atoms with van der Waals surface area (Å²) in [6, 6.07) is 13.0. The first-order valence-electron chi connectivity index (χ1n) is 10.00. The number of carbonyl (C=O) groups excluding carboxylic acids is 1. The molecule has 1 fully saturated rings. The van der Waals surface area contributed by atoms with E-state index in [0.717, 1.165) is 24.2 Å². The summed E-state index contributed by atoms with van der Waals surface area (Å²) < 4.78 is 50.4. The van der Waals surface area contributed by atoms with Crippen LogP contribution in [0.1, 0.15) is 12.8 Å². The second kappa shape index (κ2) is 7.96. The number of fused-ring (bicyclic) bond motifs is 1. The number of carbonyl (C=O) groups is 1. The Morgan fingerprint density at radius 1 is 1.06 bits per heavy atom. The van der Waals surface area contributed by atoms with E-state index in [1.807, 2.05) is 47.4 Å². The number of piperidine rings is 1. The van der Waals surface area contributed by atoms with Gasteiger partial charge in [-0.05, 0) is 36.4 Å². The summed E-state index contributed by atoms with van der Waals surface area (Å²) in [4.78, 5) is 15.2. The number of rotatable bonds is 4. The van der Waals surface area contributed by atoms with Gasteiger partial charge in [0.2, 0.25) is 0 Å². The van der Waals surface area contributed by atoms with Crippen molar-refractivity contribution in [2.45, 2.75) is 24.6 Å². The van der Waals surface area contributed by atoms with Crippen LogP contribution in [-0.4, -0.2) is 51.5 Å². The molecule has 2 aromatic carbocycles. The van der Waals surface area contributed by atoms with E-state index in [-0.39, 0.29) is 38.4 Å². The maximum atomic E-state index is 13.4. The van der Waals surface area contributed by atoms with Crippen LogP contribution in [0.15, 0.2) is 42.5 Å². The third-order valence-corrected chi connectivity index (χ3v) is 6.05. The Morgan fingerprint density at radius 2 is 1.71 bits per heavy atom. The molecule has 0 radical (unpaired) electrons. The van der Waals surface area contributed by atoms with Crippen molar-refractivity contribution in [2.24, 2.45) is 0 Å². The van der Waals surface area contributed by atoms with Gasteiger partial charge in [0.15, 0.2) is 12.2 Å². The molecule has 0 spiro atoms. The van der Waals surface area contributed by atoms with E-state index in [1.54, 1.807) is 11.9 Å². The third kappa shape index (κ3) is 4.01. The topological polar surface area (TPSA) is 54.0 Å². The molecule has 0 aliphatic carbocycles. The van der Waals surface area contributed by atoms with Crippen molar-refractivity contribution in [3.05, 3.63) is 42.5 Å². The summed E-state index contributed by atoms with van der Waals surface area (Å²) in [7, 11) is 2.84. The molecular weight excluding hydrogens is 411 g/mol. The fourth-order valence-corrected chi connectivity index (χ4v) is 4.01. The molecule has 1 N–H and O–H groups in total. The highest BCUT2D eigenvalue weighted by atomic mass is 19.4. The Bertz CT molecular complexity index is 955. The minimum atomic E-state index is -4.37. The minimum Gasteiger partial charge on any atom is -0.481 e. The summed E-state index contributed by atoms with van der Waals surface area (Å²) >= 11 is 0. The predicted octanol–water partition coefficient (Wildman–Crippen LogP) is 4.33. The molecule has 4 rings (SSSR count). The van der Waals surface area contributed by atoms with Gasteiger partial charge in [0.25, 0.3) is 5.91 Å². The standard InChI is InChI=1S/C22H24F3N3O3/c1-27-18-8-5-16(13-19(18)31-14-20(27)29)26-15-3-6-17(7-4-15)28-11-9-21(30-2,10-12-28)22(23,24)25/h3-8,13,26H,9-12,14H2,1-2H3. The van der Waals surface area contributed by atoms with Crippen molar-refractivity contribution < 1.29 is 27.4 Å². The number of likely N-dealkylation sites (N-methyl/N-ethyl adjacent to an activating group) is 1. The van der Waals surface area contributed by atoms with E-state index in [4.69, 9.17) is 9.47 Å². The molecule has 0 unspecified atom stereocenters. The van der Waals surface area contributed by atoms with Gasteiger partial charge in [-0.2, -0.15) is 13.2 Å². The van der Waals surface area contributed by atoms with Crippen LogP contribution >= 0.6 is 0 Å². The SMILES string of the molecule is COC1(C(F)(F)F)CCN(c2ccc(Nc3ccc4c(c3)OCC(=O)N4C)cc2)CC1. The van der Waals surface area contributed by atoms with Crippen LogP contribution < -0.4 is 19.9 Å². The number of halogens is 3. The normalized spacial score (nSPS) is 18.4. The minimum absolute atomic E-state index is 0.0101. The molecule has 166 valence electrons. The van der Waals surface area contributed by atoms with Crippen molar-refractivity contribution in [2.75, 3.05) is 49.0 Å². The number of benzene rings is 2. The number of alkyl halides is 3. The Hall–Kier alpha value is -2.94. The number of hydrogen-bond donors (Lipinski definition) is 1. The van der Waals surface area contributed by atoms with Crippen molar-refractivity contribution in [3.63, 3.8) is 0 Å². The van der Waals surface area contributed by atoms with Crippen LogP contribution in [-0.2, 0) is 9.53 Å². The molecule has 2 heterocycles. The van der Waals surface area contributed by atoms with E-state index >= 15 is 0 Å². The van der Waals surface area contributed by atoms with E-state index in [0.29, 0.717) is 11.4 Å². The summed E-state index contributed by atoms with van der Waals surface area (Å²) in [6.07, 6.45) is -4.57. The summed E-state index contributed by atoms with van der Waals surface area (Å²) in [6.45, 7) is 0.555. The van der Waals surface area contributed by atoms with E-state index in [9.17, 15) is 18.0 Å². The molecular formula is C22H24F3N3O3. The Kier molecular flexibility index (Phi) is 5.47. The molecule has 6 nitrogen and oxygen atoms in total. The van der Waals surface area contributed by atoms with Crippen LogP contribution in [0.4, 0.5) is 35.9 Å². The van der Waals surface area contributed by atoms with Crippen molar-refractivity contribution in [3.8, 4) is 5.75 Å². The Labute approximate surface area is 178 Å². The highest BCUT2D eigenvalue weighted by Gasteiger charge is 2.56. The lowest BCUT2D eigenvalue weighted by Crippen LogP contribution is -2.54. The second-order valence-corrected chi connectivity index (χ2v) is 7.78. The van der Waals surface area contributed by atoms with Crippen LogP contribution in [0.5, 0.6) is 5.75 Å². The highest BCUT2D eigenvalue weighted by molar-refractivity contribution is 5.97. The number of hydrogen-bond acceptors (Lipinski definition) is 5. The molecule has 0 aromatic heterocycles. The average molecular weight is 435 g/mol. The van der Waals surface area contributed by atoms with Gasteiger partial charge in [0.05, 0.1) is 5.69 Å². The van der Waals surface area contributed by atoms with Gasteiger partial charge in [-0.15, -0.1) is 0 Å². The molecule has 1 amide bonds. The number of anilines is 4. The van der Waals surface area contributed by atoms with Crippen molar-refractivity contribution in [1.29, 1.82) is 0 Å². The number of methoxy groups -OCH3 is 1. The average Bonchev–Trinajstić information content (AvgIpc) is 2.76.